The van der Waals surface area contributed by atoms with Gasteiger partial charge in [-0.1, -0.05) is 12.1 Å². The molecule has 1 aromatic carbocycles. The second kappa shape index (κ2) is 4.21. The molecular formula is C12H14O2S. The van der Waals surface area contributed by atoms with Crippen LogP contribution < -0.4 is 4.74 Å². The molecule has 0 bridgehead atoms. The highest BCUT2D eigenvalue weighted by Crippen LogP contribution is 2.34. The molecule has 0 fully saturated rings. The lowest BCUT2D eigenvalue weighted by atomic mass is 10.1. The van der Waals surface area contributed by atoms with Crippen LogP contribution in [0, 0.1) is 0 Å². The number of thiophene rings is 1. The molecule has 0 aliphatic rings. The zero-order valence-corrected chi connectivity index (χ0v) is 9.67. The van der Waals surface area contributed by atoms with E-state index >= 15 is 0 Å². The molecule has 1 unspecified atom stereocenters. The van der Waals surface area contributed by atoms with Gasteiger partial charge in [0.2, 0.25) is 0 Å². The fourth-order valence-corrected chi connectivity index (χ4v) is 2.80. The maximum Gasteiger partial charge on any atom is 0.136 e. The first-order valence-corrected chi connectivity index (χ1v) is 5.81. The van der Waals surface area contributed by atoms with Gasteiger partial charge in [-0.25, -0.2) is 0 Å². The molecule has 0 saturated heterocycles. The summed E-state index contributed by atoms with van der Waals surface area (Å²) in [7, 11) is 1.68. The van der Waals surface area contributed by atoms with Gasteiger partial charge in [0.1, 0.15) is 5.75 Å². The Bertz CT molecular complexity index is 460. The van der Waals surface area contributed by atoms with Crippen molar-refractivity contribution in [2.75, 3.05) is 7.11 Å². The van der Waals surface area contributed by atoms with E-state index in [1.54, 1.807) is 18.4 Å². The lowest BCUT2D eigenvalue weighted by Gasteiger charge is -2.04. The fraction of sp³-hybridized carbons (Fsp3) is 0.333. The minimum Gasteiger partial charge on any atom is -0.495 e. The van der Waals surface area contributed by atoms with Crippen molar-refractivity contribution in [2.24, 2.45) is 0 Å². The van der Waals surface area contributed by atoms with Crippen LogP contribution in [0.25, 0.3) is 10.1 Å². The molecule has 2 nitrogen and oxygen atoms in total. The van der Waals surface area contributed by atoms with Gasteiger partial charge in [-0.05, 0) is 35.7 Å². The standard InChI is InChI=1S/C12H14O2S/c1-8(13)6-9-7-15-12-10(9)4-3-5-11(12)14-2/h3-5,7-8,13H,6H2,1-2H3. The Morgan fingerprint density at radius 3 is 2.93 bits per heavy atom. The van der Waals surface area contributed by atoms with E-state index in [1.807, 2.05) is 19.1 Å². The number of ether oxygens (including phenoxy) is 1. The van der Waals surface area contributed by atoms with Crippen molar-refractivity contribution in [1.82, 2.24) is 0 Å². The van der Waals surface area contributed by atoms with Gasteiger partial charge < -0.3 is 9.84 Å². The summed E-state index contributed by atoms with van der Waals surface area (Å²) in [4.78, 5) is 0. The SMILES string of the molecule is COc1cccc2c(CC(C)O)csc12. The molecule has 1 aromatic heterocycles. The van der Waals surface area contributed by atoms with Crippen molar-refractivity contribution in [3.05, 3.63) is 29.1 Å². The summed E-state index contributed by atoms with van der Waals surface area (Å²) in [5, 5.41) is 12.7. The van der Waals surface area contributed by atoms with Crippen LogP contribution in [0.4, 0.5) is 0 Å². The molecule has 0 aliphatic heterocycles. The fourth-order valence-electron chi connectivity index (χ4n) is 1.72. The predicted molar refractivity (Wildman–Crippen MR) is 63.8 cm³/mol. The smallest absolute Gasteiger partial charge is 0.136 e. The lowest BCUT2D eigenvalue weighted by Crippen LogP contribution is -2.03. The molecule has 80 valence electrons. The normalized spacial score (nSPS) is 13.0. The summed E-state index contributed by atoms with van der Waals surface area (Å²) < 4.78 is 6.46. The molecular weight excluding hydrogens is 208 g/mol. The van der Waals surface area contributed by atoms with Gasteiger partial charge in [-0.3, -0.25) is 0 Å². The maximum atomic E-state index is 9.38. The Hall–Kier alpha value is -1.06. The van der Waals surface area contributed by atoms with Crippen LogP contribution in [0.5, 0.6) is 5.75 Å². The van der Waals surface area contributed by atoms with Gasteiger partial charge in [0.15, 0.2) is 0 Å². The van der Waals surface area contributed by atoms with Gasteiger partial charge in [-0.15, -0.1) is 11.3 Å². The summed E-state index contributed by atoms with van der Waals surface area (Å²) in [6.45, 7) is 1.81. The van der Waals surface area contributed by atoms with Crippen molar-refractivity contribution < 1.29 is 9.84 Å². The minimum atomic E-state index is -0.297. The molecule has 0 amide bonds. The highest BCUT2D eigenvalue weighted by Gasteiger charge is 2.09. The van der Waals surface area contributed by atoms with Crippen LogP contribution in [-0.4, -0.2) is 18.3 Å². The number of aliphatic hydroxyl groups is 1. The predicted octanol–water partition coefficient (Wildman–Crippen LogP) is 2.83. The molecule has 0 radical (unpaired) electrons. The summed E-state index contributed by atoms with van der Waals surface area (Å²) in [6.07, 6.45) is 0.404. The van der Waals surface area contributed by atoms with Gasteiger partial charge >= 0.3 is 0 Å². The Morgan fingerprint density at radius 1 is 1.47 bits per heavy atom. The van der Waals surface area contributed by atoms with Crippen molar-refractivity contribution in [1.29, 1.82) is 0 Å². The third-order valence-corrected chi connectivity index (χ3v) is 3.44. The minimum absolute atomic E-state index is 0.297. The highest BCUT2D eigenvalue weighted by atomic mass is 32.1. The van der Waals surface area contributed by atoms with Crippen molar-refractivity contribution in [3.63, 3.8) is 0 Å². The first kappa shape index (κ1) is 10.5. The molecule has 1 heterocycles. The molecule has 2 aromatic rings. The van der Waals surface area contributed by atoms with Crippen LogP contribution in [0.2, 0.25) is 0 Å². The maximum absolute atomic E-state index is 9.38. The third kappa shape index (κ3) is 1.98. The van der Waals surface area contributed by atoms with Crippen molar-refractivity contribution in [2.45, 2.75) is 19.4 Å². The van der Waals surface area contributed by atoms with Gasteiger partial charge in [0, 0.05) is 0 Å². The van der Waals surface area contributed by atoms with Gasteiger partial charge in [0.25, 0.3) is 0 Å². The number of benzene rings is 1. The van der Waals surface area contributed by atoms with Gasteiger partial charge in [-0.2, -0.15) is 0 Å². The molecule has 0 aliphatic carbocycles. The third-order valence-electron chi connectivity index (χ3n) is 2.38. The molecule has 2 rings (SSSR count). The van der Waals surface area contributed by atoms with Gasteiger partial charge in [0.05, 0.1) is 17.9 Å². The first-order chi connectivity index (χ1) is 7.22. The second-order valence-electron chi connectivity index (χ2n) is 3.65. The van der Waals surface area contributed by atoms with Crippen LogP contribution in [0.15, 0.2) is 23.6 Å². The largest absolute Gasteiger partial charge is 0.495 e. The molecule has 0 saturated carbocycles. The van der Waals surface area contributed by atoms with E-state index in [9.17, 15) is 5.11 Å². The van der Waals surface area contributed by atoms with E-state index in [1.165, 1.54) is 10.9 Å². The molecule has 1 N–H and O–H groups in total. The highest BCUT2D eigenvalue weighted by molar-refractivity contribution is 7.17. The number of aliphatic hydroxyl groups excluding tert-OH is 1. The van der Waals surface area contributed by atoms with E-state index in [0.717, 1.165) is 10.4 Å². The monoisotopic (exact) mass is 222 g/mol. The average molecular weight is 222 g/mol. The zero-order valence-electron chi connectivity index (χ0n) is 8.86. The number of fused-ring (bicyclic) bond motifs is 1. The number of rotatable bonds is 3. The van der Waals surface area contributed by atoms with Crippen LogP contribution >= 0.6 is 11.3 Å². The summed E-state index contributed by atoms with van der Waals surface area (Å²) >= 11 is 1.67. The van der Waals surface area contributed by atoms with E-state index in [0.29, 0.717) is 6.42 Å². The van der Waals surface area contributed by atoms with Crippen molar-refractivity contribution >= 4 is 21.4 Å². The topological polar surface area (TPSA) is 29.5 Å². The van der Waals surface area contributed by atoms with E-state index < -0.39 is 0 Å². The molecule has 3 heteroatoms. The summed E-state index contributed by atoms with van der Waals surface area (Å²) in [5.74, 6) is 0.911. The quantitative estimate of drug-likeness (QED) is 0.865. The second-order valence-corrected chi connectivity index (χ2v) is 4.53. The van der Waals surface area contributed by atoms with Crippen LogP contribution in [0.1, 0.15) is 12.5 Å². The van der Waals surface area contributed by atoms with E-state index in [-0.39, 0.29) is 6.10 Å². The van der Waals surface area contributed by atoms with Crippen LogP contribution in [-0.2, 0) is 6.42 Å². The summed E-state index contributed by atoms with van der Waals surface area (Å²) in [5.41, 5.74) is 1.20. The van der Waals surface area contributed by atoms with E-state index in [4.69, 9.17) is 4.74 Å². The zero-order chi connectivity index (χ0) is 10.8. The number of hydrogen-bond donors (Lipinski definition) is 1. The molecule has 0 spiro atoms. The Kier molecular flexibility index (Phi) is 2.93. The number of methoxy groups -OCH3 is 1. The van der Waals surface area contributed by atoms with E-state index in [2.05, 4.69) is 11.4 Å². The van der Waals surface area contributed by atoms with Crippen molar-refractivity contribution in [3.8, 4) is 5.75 Å². The number of hydrogen-bond acceptors (Lipinski definition) is 3. The molecule has 1 atom stereocenters. The lowest BCUT2D eigenvalue weighted by molar-refractivity contribution is 0.196. The Labute approximate surface area is 93.1 Å². The van der Waals surface area contributed by atoms with Crippen LogP contribution in [0.3, 0.4) is 0 Å². The summed E-state index contributed by atoms with van der Waals surface area (Å²) in [6, 6.07) is 6.02. The average Bonchev–Trinajstić information content (AvgIpc) is 2.61. The Morgan fingerprint density at radius 2 is 2.27 bits per heavy atom. The Balaban J connectivity index is 2.51. The first-order valence-electron chi connectivity index (χ1n) is 4.93. The molecule has 15 heavy (non-hydrogen) atoms.